The Kier molecular flexibility index (Phi) is 12.2. The summed E-state index contributed by atoms with van der Waals surface area (Å²) in [5, 5.41) is 27.9. The zero-order valence-electron chi connectivity index (χ0n) is 36.9. The first-order valence-electron chi connectivity index (χ1n) is 23.0. The maximum absolute atomic E-state index is 15.4. The molecule has 3 aliphatic heterocycles. The van der Waals surface area contributed by atoms with Crippen LogP contribution in [0.4, 0.5) is 15.9 Å². The number of nitrogens with one attached hydrogen (secondary N) is 3. The number of pyridine rings is 1. The molecule has 3 amide bonds. The number of halogens is 1. The summed E-state index contributed by atoms with van der Waals surface area (Å²) < 4.78 is 19.2. The molecule has 0 radical (unpaired) electrons. The molecule has 3 N–H and O–H groups in total. The van der Waals surface area contributed by atoms with Crippen LogP contribution in [0.1, 0.15) is 114 Å². The number of nitriles is 1. The first kappa shape index (κ1) is 43.1. The Hall–Kier alpha value is -6.21. The molecule has 15 nitrogen and oxygen atoms in total. The summed E-state index contributed by atoms with van der Waals surface area (Å²) in [6.07, 6.45) is 18.1. The Morgan fingerprint density at radius 2 is 1.70 bits per heavy atom. The van der Waals surface area contributed by atoms with Gasteiger partial charge in [0.1, 0.15) is 34.8 Å². The van der Waals surface area contributed by atoms with E-state index in [0.29, 0.717) is 40.6 Å². The quantitative estimate of drug-likeness (QED) is 0.119. The van der Waals surface area contributed by atoms with Crippen molar-refractivity contribution in [3.63, 3.8) is 0 Å². The molecule has 4 aromatic heterocycles. The lowest BCUT2D eigenvalue weighted by molar-refractivity contribution is -0.134. The predicted octanol–water partition coefficient (Wildman–Crippen LogP) is 6.77. The molecule has 9 rings (SSSR count). The highest BCUT2D eigenvalue weighted by Gasteiger charge is 2.40. The number of rotatable bonds is 11. The van der Waals surface area contributed by atoms with E-state index in [0.717, 1.165) is 106 Å². The molecule has 4 aliphatic rings. The maximum atomic E-state index is 15.4. The fourth-order valence-electron chi connectivity index (χ4n) is 10.4. The van der Waals surface area contributed by atoms with Crippen LogP contribution >= 0.6 is 0 Å². The maximum Gasteiger partial charge on any atom is 0.249 e. The number of amides is 3. The lowest BCUT2D eigenvalue weighted by Gasteiger charge is -2.41. The van der Waals surface area contributed by atoms with Crippen molar-refractivity contribution in [2.45, 2.75) is 121 Å². The first-order chi connectivity index (χ1) is 31.0. The van der Waals surface area contributed by atoms with E-state index in [-0.39, 0.29) is 53.4 Å². The second-order valence-electron chi connectivity index (χ2n) is 18.5. The Balaban J connectivity index is 0.816. The van der Waals surface area contributed by atoms with Crippen molar-refractivity contribution in [1.82, 2.24) is 44.9 Å². The molecule has 1 aliphatic carbocycles. The Labute approximate surface area is 372 Å². The van der Waals surface area contributed by atoms with E-state index in [4.69, 9.17) is 15.1 Å². The third kappa shape index (κ3) is 8.69. The van der Waals surface area contributed by atoms with Crippen LogP contribution in [0.5, 0.6) is 0 Å². The van der Waals surface area contributed by atoms with Gasteiger partial charge >= 0.3 is 0 Å². The monoisotopic (exact) mass is 868 g/mol. The van der Waals surface area contributed by atoms with Gasteiger partial charge in [-0.3, -0.25) is 24.4 Å². The van der Waals surface area contributed by atoms with Gasteiger partial charge in [0.05, 0.1) is 41.4 Å². The molecule has 4 fully saturated rings. The number of hydrogen-bond donors (Lipinski definition) is 3. The molecule has 1 aromatic carbocycles. The van der Waals surface area contributed by atoms with Crippen LogP contribution in [-0.4, -0.2) is 96.3 Å². The van der Waals surface area contributed by atoms with Gasteiger partial charge in [0.15, 0.2) is 0 Å². The zero-order valence-corrected chi connectivity index (χ0v) is 36.9. The summed E-state index contributed by atoms with van der Waals surface area (Å²) in [5.74, 6) is 0.229. The lowest BCUT2D eigenvalue weighted by atomic mass is 9.75. The van der Waals surface area contributed by atoms with Crippen LogP contribution in [0, 0.1) is 22.6 Å². The van der Waals surface area contributed by atoms with Crippen molar-refractivity contribution in [3.8, 4) is 28.6 Å². The number of carbonyl (C=O) groups excluding carboxylic acids is 3. The number of imide groups is 1. The zero-order chi connectivity index (χ0) is 44.5. The van der Waals surface area contributed by atoms with Gasteiger partial charge in [0.25, 0.3) is 0 Å². The molecular weight excluding hydrogens is 812 g/mol. The molecule has 0 unspecified atom stereocenters. The summed E-state index contributed by atoms with van der Waals surface area (Å²) in [6.45, 7) is 9.43. The summed E-state index contributed by atoms with van der Waals surface area (Å²) in [6, 6.07) is 11.7. The first-order valence-corrected chi connectivity index (χ1v) is 23.0. The van der Waals surface area contributed by atoms with Crippen LogP contribution < -0.4 is 20.9 Å². The van der Waals surface area contributed by atoms with Gasteiger partial charge in [-0.2, -0.15) is 15.5 Å². The van der Waals surface area contributed by atoms with Crippen molar-refractivity contribution >= 4 is 34.7 Å². The van der Waals surface area contributed by atoms with Gasteiger partial charge in [-0.1, -0.05) is 13.0 Å². The van der Waals surface area contributed by atoms with Crippen LogP contribution in [0.2, 0.25) is 0 Å². The largest absolute Gasteiger partial charge is 0.374 e. The molecule has 16 heteroatoms. The Bertz CT molecular complexity index is 2560. The number of fused-ring (bicyclic) bond motifs is 1. The fraction of sp³-hybridized carbons (Fsp3) is 0.500. The number of nitrogens with zero attached hydrogens (tertiary/aromatic N) is 9. The van der Waals surface area contributed by atoms with Crippen LogP contribution in [-0.2, 0) is 14.4 Å². The van der Waals surface area contributed by atoms with E-state index < -0.39 is 6.04 Å². The number of anilines is 2. The van der Waals surface area contributed by atoms with Crippen molar-refractivity contribution in [1.29, 1.82) is 5.26 Å². The van der Waals surface area contributed by atoms with Crippen LogP contribution in [0.25, 0.3) is 28.0 Å². The molecule has 1 saturated carbocycles. The van der Waals surface area contributed by atoms with Crippen molar-refractivity contribution in [2.24, 2.45) is 5.41 Å². The van der Waals surface area contributed by atoms with E-state index in [1.807, 2.05) is 56.7 Å². The Morgan fingerprint density at radius 1 is 0.938 bits per heavy atom. The number of likely N-dealkylation sites (tertiary alicyclic amines) is 1. The lowest BCUT2D eigenvalue weighted by Crippen LogP contribution is -2.50. The summed E-state index contributed by atoms with van der Waals surface area (Å²) in [5.41, 5.74) is 4.94. The number of aromatic nitrogens is 6. The van der Waals surface area contributed by atoms with Crippen LogP contribution in [0.15, 0.2) is 61.3 Å². The van der Waals surface area contributed by atoms with E-state index >= 15 is 4.39 Å². The predicted molar refractivity (Wildman–Crippen MR) is 241 cm³/mol. The standard InChI is InChI=1S/C48H57FN12O3/c1-4-48(47(64)54-30(2)3)17-21-59(22-18-48)42-13-5-32(25-51-42)44-45-33(24-50)26-53-61(45)29-41(56-44)34-27-52-60(28-34)37-9-7-36(8-10-37)58-19-15-31(16-20-58)38-11-6-35(23-39(38)49)55-40-12-14-43(62)57-46(40)63/h5-6,11,13,23,25-31,36-37,40,55H,4,7-10,12,14-22H2,1-3H3,(H,54,64)(H,57,62,63)/t36-,37-,40-/m0/s1. The molecular formula is C48H57FN12O3. The normalized spacial score (nSPS) is 22.1. The highest BCUT2D eigenvalue weighted by Crippen LogP contribution is 2.39. The molecule has 3 saturated heterocycles. The highest BCUT2D eigenvalue weighted by atomic mass is 19.1. The molecule has 334 valence electrons. The summed E-state index contributed by atoms with van der Waals surface area (Å²) in [7, 11) is 0. The van der Waals surface area contributed by atoms with Gasteiger partial charge in [-0.25, -0.2) is 18.9 Å². The van der Waals surface area contributed by atoms with Crippen molar-refractivity contribution < 1.29 is 18.8 Å². The summed E-state index contributed by atoms with van der Waals surface area (Å²) in [4.78, 5) is 51.6. The molecule has 0 bridgehead atoms. The molecule has 0 spiro atoms. The van der Waals surface area contributed by atoms with Gasteiger partial charge in [0.2, 0.25) is 17.7 Å². The van der Waals surface area contributed by atoms with Crippen molar-refractivity contribution in [3.05, 3.63) is 78.3 Å². The minimum Gasteiger partial charge on any atom is -0.374 e. The second-order valence-corrected chi connectivity index (χ2v) is 18.5. The van der Waals surface area contributed by atoms with Gasteiger partial charge < -0.3 is 20.4 Å². The second kappa shape index (κ2) is 18.1. The minimum absolute atomic E-state index is 0.108. The topological polar surface area (TPSA) is 178 Å². The van der Waals surface area contributed by atoms with Crippen LogP contribution in [0.3, 0.4) is 0 Å². The number of benzene rings is 1. The third-order valence-corrected chi connectivity index (χ3v) is 14.3. The molecule has 64 heavy (non-hydrogen) atoms. The average molecular weight is 869 g/mol. The SMILES string of the molecule is CCC1(C(=O)NC(C)C)CCN(c2ccc(-c3nc(-c4cnn([C@H]5CC[C@H](N6CCC(c7ccc(N[C@H]8CCC(=O)NC8=O)cc7F)CC6)CC5)c4)cn4ncc(C#N)c34)cn2)CC1. The average Bonchev–Trinajstić information content (AvgIpc) is 3.98. The van der Waals surface area contributed by atoms with E-state index in [2.05, 4.69) is 54.7 Å². The van der Waals surface area contributed by atoms with E-state index in [1.165, 1.54) is 6.07 Å². The molecule has 5 aromatic rings. The van der Waals surface area contributed by atoms with Gasteiger partial charge in [-0.15, -0.1) is 0 Å². The smallest absolute Gasteiger partial charge is 0.249 e. The summed E-state index contributed by atoms with van der Waals surface area (Å²) >= 11 is 0. The van der Waals surface area contributed by atoms with Gasteiger partial charge in [-0.05, 0) is 127 Å². The number of hydrogen-bond acceptors (Lipinski definition) is 11. The van der Waals surface area contributed by atoms with E-state index in [9.17, 15) is 19.6 Å². The fourth-order valence-corrected chi connectivity index (χ4v) is 10.4. The minimum atomic E-state index is -0.547. The van der Waals surface area contributed by atoms with Gasteiger partial charge in [0, 0.05) is 60.8 Å². The van der Waals surface area contributed by atoms with Crippen molar-refractivity contribution in [2.75, 3.05) is 36.4 Å². The van der Waals surface area contributed by atoms with E-state index in [1.54, 1.807) is 10.7 Å². The molecule has 1 atom stereocenters. The highest BCUT2D eigenvalue weighted by molar-refractivity contribution is 6.01. The number of carbonyl (C=O) groups is 3. The Morgan fingerprint density at radius 3 is 2.38 bits per heavy atom. The molecule has 7 heterocycles. The number of piperidine rings is 3. The third-order valence-electron chi connectivity index (χ3n) is 14.3.